The predicted octanol–water partition coefficient (Wildman–Crippen LogP) is 1.10. The lowest BCUT2D eigenvalue weighted by Gasteiger charge is -2.38. The van der Waals surface area contributed by atoms with E-state index in [1.165, 1.54) is 18.3 Å². The minimum atomic E-state index is -0.222. The molecule has 1 aromatic heterocycles. The predicted molar refractivity (Wildman–Crippen MR) is 104 cm³/mol. The molecule has 0 spiro atoms. The Kier molecular flexibility index (Phi) is 6.26. The van der Waals surface area contributed by atoms with Gasteiger partial charge >= 0.3 is 0 Å². The Bertz CT molecular complexity index is 790. The summed E-state index contributed by atoms with van der Waals surface area (Å²) in [6.45, 7) is 4.39. The van der Waals surface area contributed by atoms with Gasteiger partial charge in [0.2, 0.25) is 5.56 Å². The molecule has 1 unspecified atom stereocenters. The van der Waals surface area contributed by atoms with Gasteiger partial charge in [0.1, 0.15) is 5.75 Å². The van der Waals surface area contributed by atoms with E-state index in [1.807, 2.05) is 24.3 Å². The fourth-order valence-corrected chi connectivity index (χ4v) is 3.26. The highest BCUT2D eigenvalue weighted by Gasteiger charge is 2.24. The third kappa shape index (κ3) is 4.96. The molecule has 7 heteroatoms. The largest absolute Gasteiger partial charge is 0.497 e. The summed E-state index contributed by atoms with van der Waals surface area (Å²) in [5.41, 5.74) is 1.36. The molecule has 2 heterocycles. The van der Waals surface area contributed by atoms with Gasteiger partial charge in [-0.25, -0.2) is 0 Å². The topological polar surface area (TPSA) is 77.7 Å². The smallest absolute Gasteiger partial charge is 0.252 e. The normalized spacial score (nSPS) is 16.7. The maximum Gasteiger partial charge on any atom is 0.252 e. The Morgan fingerprint density at radius 2 is 1.85 bits per heavy atom. The molecule has 2 N–H and O–H groups in total. The highest BCUT2D eigenvalue weighted by molar-refractivity contribution is 5.93. The van der Waals surface area contributed by atoms with E-state index < -0.39 is 0 Å². The summed E-state index contributed by atoms with van der Waals surface area (Å²) in [7, 11) is 3.77. The Labute approximate surface area is 158 Å². The number of carbonyl (C=O) groups is 1. The summed E-state index contributed by atoms with van der Waals surface area (Å²) >= 11 is 0. The number of ether oxygens (including phenoxy) is 1. The summed E-state index contributed by atoms with van der Waals surface area (Å²) < 4.78 is 5.26. The van der Waals surface area contributed by atoms with Crippen molar-refractivity contribution in [3.8, 4) is 5.75 Å². The molecule has 1 atom stereocenters. The number of pyridine rings is 1. The molecule has 2 aromatic rings. The fourth-order valence-electron chi connectivity index (χ4n) is 3.26. The molecule has 1 fully saturated rings. The van der Waals surface area contributed by atoms with Crippen molar-refractivity contribution in [1.29, 1.82) is 0 Å². The average Bonchev–Trinajstić information content (AvgIpc) is 2.70. The molecule has 3 rings (SSSR count). The van der Waals surface area contributed by atoms with Gasteiger partial charge in [0.15, 0.2) is 0 Å². The van der Waals surface area contributed by atoms with Gasteiger partial charge in [-0.1, -0.05) is 12.1 Å². The molecule has 0 radical (unpaired) electrons. The summed E-state index contributed by atoms with van der Waals surface area (Å²) in [4.78, 5) is 30.9. The lowest BCUT2D eigenvalue weighted by Crippen LogP contribution is -2.48. The Morgan fingerprint density at radius 1 is 1.15 bits per heavy atom. The van der Waals surface area contributed by atoms with Crippen LogP contribution in [-0.2, 0) is 0 Å². The van der Waals surface area contributed by atoms with Crippen molar-refractivity contribution in [2.24, 2.45) is 0 Å². The first kappa shape index (κ1) is 19.1. The van der Waals surface area contributed by atoms with Crippen molar-refractivity contribution in [2.45, 2.75) is 6.04 Å². The number of H-pyrrole nitrogens is 1. The third-order valence-electron chi connectivity index (χ3n) is 4.98. The number of aromatic nitrogens is 1. The van der Waals surface area contributed by atoms with Crippen molar-refractivity contribution >= 4 is 5.91 Å². The van der Waals surface area contributed by atoms with Crippen molar-refractivity contribution in [1.82, 2.24) is 20.1 Å². The lowest BCUT2D eigenvalue weighted by atomic mass is 10.0. The number of piperazine rings is 1. The molecule has 1 saturated heterocycles. The monoisotopic (exact) mass is 370 g/mol. The second kappa shape index (κ2) is 8.83. The first-order valence-electron chi connectivity index (χ1n) is 9.10. The van der Waals surface area contributed by atoms with Gasteiger partial charge in [-0.2, -0.15) is 0 Å². The highest BCUT2D eigenvalue weighted by atomic mass is 16.5. The quantitative estimate of drug-likeness (QED) is 0.796. The van der Waals surface area contributed by atoms with E-state index in [2.05, 4.69) is 27.1 Å². The average molecular weight is 370 g/mol. The van der Waals surface area contributed by atoms with Crippen molar-refractivity contribution in [2.75, 3.05) is 46.9 Å². The number of nitrogens with one attached hydrogen (secondary N) is 2. The van der Waals surface area contributed by atoms with Crippen molar-refractivity contribution in [3.63, 3.8) is 0 Å². The Balaban J connectivity index is 1.73. The Morgan fingerprint density at radius 3 is 2.44 bits per heavy atom. The van der Waals surface area contributed by atoms with Crippen LogP contribution in [0.5, 0.6) is 5.75 Å². The number of benzene rings is 1. The minimum Gasteiger partial charge on any atom is -0.497 e. The zero-order valence-corrected chi connectivity index (χ0v) is 15.8. The van der Waals surface area contributed by atoms with Crippen LogP contribution < -0.4 is 15.6 Å². The Hall–Kier alpha value is -2.64. The maximum atomic E-state index is 12.4. The van der Waals surface area contributed by atoms with Crippen molar-refractivity contribution < 1.29 is 9.53 Å². The molecule has 0 bridgehead atoms. The zero-order chi connectivity index (χ0) is 19.2. The van der Waals surface area contributed by atoms with Gasteiger partial charge in [-0.15, -0.1) is 0 Å². The summed E-state index contributed by atoms with van der Waals surface area (Å²) in [5, 5.41) is 3.01. The zero-order valence-electron chi connectivity index (χ0n) is 15.8. The fraction of sp³-hybridized carbons (Fsp3) is 0.400. The van der Waals surface area contributed by atoms with Crippen LogP contribution in [0.4, 0.5) is 0 Å². The van der Waals surface area contributed by atoms with Crippen molar-refractivity contribution in [3.05, 3.63) is 64.1 Å². The van der Waals surface area contributed by atoms with E-state index in [9.17, 15) is 9.59 Å². The van der Waals surface area contributed by atoms with Crippen LogP contribution in [0, 0.1) is 0 Å². The van der Waals surface area contributed by atoms with Gasteiger partial charge in [0, 0.05) is 45.0 Å². The molecule has 1 aromatic carbocycles. The second-order valence-electron chi connectivity index (χ2n) is 6.78. The minimum absolute atomic E-state index is 0.0799. The van der Waals surface area contributed by atoms with E-state index in [0.717, 1.165) is 37.5 Å². The van der Waals surface area contributed by atoms with E-state index in [0.29, 0.717) is 12.1 Å². The van der Waals surface area contributed by atoms with Gasteiger partial charge in [-0.3, -0.25) is 14.5 Å². The van der Waals surface area contributed by atoms with Crippen LogP contribution in [0.15, 0.2) is 47.4 Å². The lowest BCUT2D eigenvalue weighted by molar-refractivity contribution is 0.0886. The number of rotatable bonds is 6. The number of carbonyl (C=O) groups excluding carboxylic acids is 1. The van der Waals surface area contributed by atoms with E-state index >= 15 is 0 Å². The number of likely N-dealkylation sites (N-methyl/N-ethyl adjacent to an activating group) is 1. The van der Waals surface area contributed by atoms with Crippen LogP contribution in [0.25, 0.3) is 0 Å². The molecular formula is C20H26N4O3. The highest BCUT2D eigenvalue weighted by Crippen LogP contribution is 2.24. The summed E-state index contributed by atoms with van der Waals surface area (Å²) in [5.74, 6) is 0.618. The van der Waals surface area contributed by atoms with Gasteiger partial charge in [0.25, 0.3) is 5.91 Å². The summed E-state index contributed by atoms with van der Waals surface area (Å²) in [6.07, 6.45) is 1.44. The second-order valence-corrected chi connectivity index (χ2v) is 6.78. The van der Waals surface area contributed by atoms with E-state index in [1.54, 1.807) is 7.11 Å². The molecular weight excluding hydrogens is 344 g/mol. The number of hydrogen-bond acceptors (Lipinski definition) is 5. The first-order valence-corrected chi connectivity index (χ1v) is 9.10. The molecule has 1 amide bonds. The number of amides is 1. The first-order chi connectivity index (χ1) is 13.1. The maximum absolute atomic E-state index is 12.4. The molecule has 7 nitrogen and oxygen atoms in total. The van der Waals surface area contributed by atoms with E-state index in [4.69, 9.17) is 4.74 Å². The molecule has 0 aliphatic carbocycles. The van der Waals surface area contributed by atoms with Crippen LogP contribution in [0.1, 0.15) is 22.0 Å². The van der Waals surface area contributed by atoms with Gasteiger partial charge in [0.05, 0.1) is 18.7 Å². The van der Waals surface area contributed by atoms with Crippen LogP contribution >= 0.6 is 0 Å². The van der Waals surface area contributed by atoms with Crippen LogP contribution in [-0.4, -0.2) is 67.6 Å². The van der Waals surface area contributed by atoms with Gasteiger partial charge < -0.3 is 19.9 Å². The van der Waals surface area contributed by atoms with E-state index in [-0.39, 0.29) is 17.5 Å². The third-order valence-corrected chi connectivity index (χ3v) is 4.98. The number of aromatic amines is 1. The molecule has 27 heavy (non-hydrogen) atoms. The molecule has 1 aliphatic rings. The van der Waals surface area contributed by atoms with Gasteiger partial charge in [-0.05, 0) is 30.8 Å². The summed E-state index contributed by atoms with van der Waals surface area (Å²) in [6, 6.07) is 11.0. The SMILES string of the molecule is COc1ccc(C(CNC(=O)c2ccc(=O)[nH]c2)N2CCN(C)CC2)cc1. The number of hydrogen-bond donors (Lipinski definition) is 2. The molecule has 144 valence electrons. The number of methoxy groups -OCH3 is 1. The molecule has 1 aliphatic heterocycles. The standard InChI is InChI=1S/C20H26N4O3/c1-23-9-11-24(12-10-23)18(15-3-6-17(27-2)7-4-15)14-22-20(26)16-5-8-19(25)21-13-16/h3-8,13,18H,9-12,14H2,1-2H3,(H,21,25)(H,22,26). The molecule has 0 saturated carbocycles. The van der Waals surface area contributed by atoms with Crippen LogP contribution in [0.2, 0.25) is 0 Å². The van der Waals surface area contributed by atoms with Crippen LogP contribution in [0.3, 0.4) is 0 Å². The number of nitrogens with zero attached hydrogens (tertiary/aromatic N) is 2.